The second-order valence-corrected chi connectivity index (χ2v) is 13.9. The Morgan fingerprint density at radius 2 is 1.07 bits per heavy atom. The fourth-order valence-corrected chi connectivity index (χ4v) is 5.56. The van der Waals surface area contributed by atoms with Gasteiger partial charge in [0.15, 0.2) is 0 Å². The van der Waals surface area contributed by atoms with Crippen LogP contribution in [0.5, 0.6) is 0 Å². The summed E-state index contributed by atoms with van der Waals surface area (Å²) in [5.41, 5.74) is 11.0. The summed E-state index contributed by atoms with van der Waals surface area (Å²) in [5.74, 6) is -3.07. The Balaban J connectivity index is 1.88. The fourth-order valence-electron chi connectivity index (χ4n) is 5.56. The molecule has 306 valence electrons. The first-order valence-electron chi connectivity index (χ1n) is 19.1. The van der Waals surface area contributed by atoms with E-state index in [1.165, 1.54) is 14.0 Å². The molecule has 0 aromatic heterocycles. The number of ether oxygens (including phenoxy) is 1. The number of nitrogens with one attached hydrogen (secondary N) is 7. The van der Waals surface area contributed by atoms with E-state index in [0.29, 0.717) is 83.1 Å². The molecule has 2 saturated carbocycles. The maximum atomic E-state index is 13.3. The van der Waals surface area contributed by atoms with E-state index in [1.54, 1.807) is 0 Å². The minimum atomic E-state index is -0.956. The van der Waals surface area contributed by atoms with Gasteiger partial charge < -0.3 is 58.3 Å². The highest BCUT2D eigenvalue weighted by molar-refractivity contribution is 5.90. The molecular formula is C35H62N10O9. The van der Waals surface area contributed by atoms with Crippen molar-refractivity contribution in [3.8, 4) is 0 Å². The number of rotatable bonds is 30. The molecule has 11 N–H and O–H groups in total. The Labute approximate surface area is 317 Å². The first-order chi connectivity index (χ1) is 25.8. The van der Waals surface area contributed by atoms with Gasteiger partial charge in [0, 0.05) is 51.6 Å². The normalized spacial score (nSPS) is 15.1. The molecule has 19 heteroatoms. The molecule has 0 heterocycles. The van der Waals surface area contributed by atoms with E-state index >= 15 is 0 Å². The molecule has 2 aliphatic carbocycles. The Kier molecular flexibility index (Phi) is 21.5. The monoisotopic (exact) mass is 766 g/mol. The molecule has 0 radical (unpaired) electrons. The SMILES string of the molecule is COC(=O)N[C@@H](CCCCNC(C)=O)C(=O)NCCC(=O)N(CC(=O)NCCCC[C@H](NC1CC1)C(N)=O)CC(=O)NCCCC[C@H](NC1CC1)C(N)=O. The van der Waals surface area contributed by atoms with Gasteiger partial charge >= 0.3 is 6.09 Å². The van der Waals surface area contributed by atoms with Crippen LogP contribution in [-0.2, 0) is 38.3 Å². The number of unbranched alkanes of at least 4 members (excludes halogenated alkanes) is 3. The Morgan fingerprint density at radius 3 is 1.48 bits per heavy atom. The second-order valence-electron chi connectivity index (χ2n) is 13.9. The van der Waals surface area contributed by atoms with Gasteiger partial charge in [-0.1, -0.05) is 0 Å². The smallest absolute Gasteiger partial charge is 0.407 e. The third-order valence-electron chi connectivity index (χ3n) is 8.95. The highest BCUT2D eigenvalue weighted by atomic mass is 16.5. The van der Waals surface area contributed by atoms with Gasteiger partial charge in [0.05, 0.1) is 19.2 Å². The second kappa shape index (κ2) is 25.5. The van der Waals surface area contributed by atoms with Crippen molar-refractivity contribution in [2.24, 2.45) is 11.5 Å². The lowest BCUT2D eigenvalue weighted by Gasteiger charge is -2.23. The topological polar surface area (TPSA) is 285 Å². The lowest BCUT2D eigenvalue weighted by atomic mass is 10.1. The van der Waals surface area contributed by atoms with Crippen LogP contribution in [0.15, 0.2) is 0 Å². The summed E-state index contributed by atoms with van der Waals surface area (Å²) < 4.78 is 4.63. The van der Waals surface area contributed by atoms with E-state index in [1.807, 2.05) is 0 Å². The summed E-state index contributed by atoms with van der Waals surface area (Å²) in [6, 6.07) is -1.16. The number of carbonyl (C=O) groups excluding carboxylic acids is 8. The Morgan fingerprint density at radius 1 is 0.630 bits per heavy atom. The van der Waals surface area contributed by atoms with Crippen LogP contribution in [0.1, 0.15) is 96.8 Å². The molecule has 54 heavy (non-hydrogen) atoms. The standard InChI is InChI=1S/C35H62N10O9/c1-23(46)38-17-6-5-11-28(44-35(53)54-2)34(52)41-20-16-31(49)45(21-29(47)39-18-7-3-9-26(32(36)50)42-24-12-13-24)22-30(48)40-19-8-4-10-27(33(37)51)43-25-14-15-25/h24-28,42-43H,3-22H2,1-2H3,(H2,36,50)(H2,37,51)(H,38,46)(H,39,47)(H,40,48)(H,41,52)(H,44,53)/t26-,27-,28-/m0/s1. The van der Waals surface area contributed by atoms with Crippen LogP contribution < -0.4 is 48.7 Å². The molecule has 2 rings (SSSR count). The molecule has 0 unspecified atom stereocenters. The number of carbonyl (C=O) groups is 8. The zero-order chi connectivity index (χ0) is 39.9. The molecule has 0 aromatic rings. The van der Waals surface area contributed by atoms with Crippen LogP contribution in [0.3, 0.4) is 0 Å². The zero-order valence-electron chi connectivity index (χ0n) is 31.8. The molecule has 0 spiro atoms. The molecule has 19 nitrogen and oxygen atoms in total. The third kappa shape index (κ3) is 21.2. The fraction of sp³-hybridized carbons (Fsp3) is 0.771. The van der Waals surface area contributed by atoms with Crippen LogP contribution in [0.25, 0.3) is 0 Å². The highest BCUT2D eigenvalue weighted by Gasteiger charge is 2.28. The van der Waals surface area contributed by atoms with Crippen molar-refractivity contribution in [1.29, 1.82) is 0 Å². The molecule has 3 atom stereocenters. The lowest BCUT2D eigenvalue weighted by Crippen LogP contribution is -2.49. The average Bonchev–Trinajstić information content (AvgIpc) is 4.06. The third-order valence-corrected chi connectivity index (χ3v) is 8.95. The van der Waals surface area contributed by atoms with Crippen LogP contribution >= 0.6 is 0 Å². The number of methoxy groups -OCH3 is 1. The van der Waals surface area contributed by atoms with Crippen molar-refractivity contribution in [1.82, 2.24) is 42.1 Å². The van der Waals surface area contributed by atoms with E-state index < -0.39 is 72.8 Å². The van der Waals surface area contributed by atoms with E-state index in [0.717, 1.165) is 30.6 Å². The van der Waals surface area contributed by atoms with Gasteiger partial charge in [-0.2, -0.15) is 0 Å². The number of amides is 8. The first kappa shape index (κ1) is 45.6. The molecule has 0 aromatic carbocycles. The molecular weight excluding hydrogens is 704 g/mol. The quantitative estimate of drug-likeness (QED) is 0.0366. The molecule has 2 fully saturated rings. The van der Waals surface area contributed by atoms with Crippen molar-refractivity contribution in [3.05, 3.63) is 0 Å². The molecule has 0 aliphatic heterocycles. The van der Waals surface area contributed by atoms with Crippen LogP contribution in [0.2, 0.25) is 0 Å². The number of nitrogens with two attached hydrogens (primary N) is 2. The van der Waals surface area contributed by atoms with Gasteiger partial charge in [0.2, 0.25) is 41.4 Å². The van der Waals surface area contributed by atoms with Gasteiger partial charge in [0.1, 0.15) is 19.1 Å². The van der Waals surface area contributed by atoms with Gasteiger partial charge in [-0.05, 0) is 83.5 Å². The maximum Gasteiger partial charge on any atom is 0.407 e. The maximum absolute atomic E-state index is 13.3. The Hall–Kier alpha value is -4.52. The zero-order valence-corrected chi connectivity index (χ0v) is 31.8. The minimum absolute atomic E-state index is 0.130. The summed E-state index contributed by atoms with van der Waals surface area (Å²) >= 11 is 0. The number of hydrogen-bond acceptors (Lipinski definition) is 11. The number of primary amides is 2. The van der Waals surface area contributed by atoms with Crippen molar-refractivity contribution >= 4 is 47.4 Å². The van der Waals surface area contributed by atoms with Crippen molar-refractivity contribution in [2.45, 2.75) is 127 Å². The largest absolute Gasteiger partial charge is 0.453 e. The van der Waals surface area contributed by atoms with E-state index in [9.17, 15) is 38.4 Å². The van der Waals surface area contributed by atoms with E-state index in [-0.39, 0.29) is 25.3 Å². The van der Waals surface area contributed by atoms with Gasteiger partial charge in [-0.25, -0.2) is 4.79 Å². The van der Waals surface area contributed by atoms with Crippen LogP contribution in [0.4, 0.5) is 4.79 Å². The van der Waals surface area contributed by atoms with E-state index in [4.69, 9.17) is 11.5 Å². The number of hydrogen-bond donors (Lipinski definition) is 9. The Bertz CT molecular complexity index is 1210. The van der Waals surface area contributed by atoms with Crippen molar-refractivity contribution in [2.75, 3.05) is 46.4 Å². The molecule has 8 amide bonds. The first-order valence-corrected chi connectivity index (χ1v) is 19.1. The molecule has 0 saturated heterocycles. The summed E-state index contributed by atoms with van der Waals surface area (Å²) in [4.78, 5) is 99.5. The van der Waals surface area contributed by atoms with Crippen molar-refractivity contribution in [3.63, 3.8) is 0 Å². The lowest BCUT2D eigenvalue weighted by molar-refractivity contribution is -0.139. The molecule has 2 aliphatic rings. The highest BCUT2D eigenvalue weighted by Crippen LogP contribution is 2.21. The minimum Gasteiger partial charge on any atom is -0.453 e. The van der Waals surface area contributed by atoms with Gasteiger partial charge in [0.25, 0.3) is 0 Å². The number of alkyl carbamates (subject to hydrolysis) is 1. The summed E-state index contributed by atoms with van der Waals surface area (Å²) in [6.45, 7) is 1.46. The predicted octanol–water partition coefficient (Wildman–Crippen LogP) is -1.86. The summed E-state index contributed by atoms with van der Waals surface area (Å²) in [5, 5.41) is 19.7. The van der Waals surface area contributed by atoms with Gasteiger partial charge in [-0.3, -0.25) is 33.6 Å². The van der Waals surface area contributed by atoms with Crippen molar-refractivity contribution < 1.29 is 43.1 Å². The molecule has 0 bridgehead atoms. The van der Waals surface area contributed by atoms with Crippen LogP contribution in [0, 0.1) is 0 Å². The summed E-state index contributed by atoms with van der Waals surface area (Å²) in [7, 11) is 1.17. The predicted molar refractivity (Wildman–Crippen MR) is 198 cm³/mol. The number of nitrogens with zero attached hydrogens (tertiary/aromatic N) is 1. The summed E-state index contributed by atoms with van der Waals surface area (Å²) in [6.07, 6.45) is 7.85. The van der Waals surface area contributed by atoms with E-state index in [2.05, 4.69) is 42.0 Å². The van der Waals surface area contributed by atoms with Crippen LogP contribution in [-0.4, -0.2) is 129 Å². The van der Waals surface area contributed by atoms with Gasteiger partial charge in [-0.15, -0.1) is 0 Å². The average molecular weight is 767 g/mol.